The first-order valence-electron chi connectivity index (χ1n) is 6.07. The molecule has 1 aromatic carbocycles. The molecule has 1 heterocycles. The van der Waals surface area contributed by atoms with E-state index < -0.39 is 0 Å². The van der Waals surface area contributed by atoms with Crippen molar-refractivity contribution in [3.63, 3.8) is 0 Å². The van der Waals surface area contributed by atoms with Crippen molar-refractivity contribution in [2.24, 2.45) is 0 Å². The maximum atomic E-state index is 12.1. The number of amides is 2. The molecule has 0 radical (unpaired) electrons. The van der Waals surface area contributed by atoms with E-state index in [9.17, 15) is 14.4 Å². The largest absolute Gasteiger partial charge is 0.298 e. The van der Waals surface area contributed by atoms with Gasteiger partial charge in [0, 0.05) is 12.0 Å². The summed E-state index contributed by atoms with van der Waals surface area (Å²) in [6, 6.07) is 7.04. The molecule has 1 aliphatic heterocycles. The highest BCUT2D eigenvalue weighted by molar-refractivity contribution is 6.11. The van der Waals surface area contributed by atoms with E-state index in [1.54, 1.807) is 24.3 Å². The van der Waals surface area contributed by atoms with Crippen molar-refractivity contribution in [3.8, 4) is 0 Å². The molecule has 18 heavy (non-hydrogen) atoms. The van der Waals surface area contributed by atoms with Crippen LogP contribution in [0.5, 0.6) is 0 Å². The van der Waals surface area contributed by atoms with Gasteiger partial charge in [-0.25, -0.2) is 0 Å². The number of carbonyl (C=O) groups excluding carboxylic acids is 3. The SMILES string of the molecule is CCCC(=O)CN1C(=O)Cc2ccccc2C1=O. The number of hydrogen-bond donors (Lipinski definition) is 0. The van der Waals surface area contributed by atoms with Crippen molar-refractivity contribution in [1.82, 2.24) is 4.90 Å². The smallest absolute Gasteiger partial charge is 0.261 e. The van der Waals surface area contributed by atoms with Crippen molar-refractivity contribution in [2.75, 3.05) is 6.54 Å². The van der Waals surface area contributed by atoms with E-state index in [-0.39, 0.29) is 30.6 Å². The Morgan fingerprint density at radius 2 is 2.00 bits per heavy atom. The van der Waals surface area contributed by atoms with Crippen LogP contribution in [0.3, 0.4) is 0 Å². The molecule has 0 unspecified atom stereocenters. The zero-order valence-electron chi connectivity index (χ0n) is 10.3. The molecule has 0 atom stereocenters. The fourth-order valence-electron chi connectivity index (χ4n) is 2.09. The van der Waals surface area contributed by atoms with Crippen molar-refractivity contribution in [2.45, 2.75) is 26.2 Å². The molecule has 94 valence electrons. The van der Waals surface area contributed by atoms with E-state index in [1.807, 2.05) is 6.92 Å². The van der Waals surface area contributed by atoms with Gasteiger partial charge in [0.25, 0.3) is 5.91 Å². The summed E-state index contributed by atoms with van der Waals surface area (Å²) in [5.41, 5.74) is 1.27. The summed E-state index contributed by atoms with van der Waals surface area (Å²) in [5.74, 6) is -0.715. The van der Waals surface area contributed by atoms with Crippen LogP contribution in [-0.4, -0.2) is 29.0 Å². The molecule has 0 aromatic heterocycles. The summed E-state index contributed by atoms with van der Waals surface area (Å²) >= 11 is 0. The molecule has 0 N–H and O–H groups in total. The number of hydrogen-bond acceptors (Lipinski definition) is 3. The van der Waals surface area contributed by atoms with Crippen molar-refractivity contribution >= 4 is 17.6 Å². The fourth-order valence-corrected chi connectivity index (χ4v) is 2.09. The lowest BCUT2D eigenvalue weighted by Gasteiger charge is -2.26. The van der Waals surface area contributed by atoms with Crippen LogP contribution in [0.1, 0.15) is 35.7 Å². The molecular weight excluding hydrogens is 230 g/mol. The Balaban J connectivity index is 2.22. The average Bonchev–Trinajstić information content (AvgIpc) is 2.35. The second-order valence-corrected chi connectivity index (χ2v) is 4.41. The normalized spacial score (nSPS) is 14.6. The number of imide groups is 1. The molecule has 1 aliphatic rings. The van der Waals surface area contributed by atoms with Gasteiger partial charge in [-0.2, -0.15) is 0 Å². The highest BCUT2D eigenvalue weighted by Crippen LogP contribution is 2.19. The van der Waals surface area contributed by atoms with Crippen LogP contribution >= 0.6 is 0 Å². The second kappa shape index (κ2) is 5.12. The second-order valence-electron chi connectivity index (χ2n) is 4.41. The zero-order chi connectivity index (χ0) is 13.1. The van der Waals surface area contributed by atoms with E-state index in [1.165, 1.54) is 0 Å². The first-order chi connectivity index (χ1) is 8.63. The minimum absolute atomic E-state index is 0.0708. The first kappa shape index (κ1) is 12.5. The first-order valence-corrected chi connectivity index (χ1v) is 6.07. The molecular formula is C14H15NO3. The van der Waals surface area contributed by atoms with Crippen LogP contribution in [0.2, 0.25) is 0 Å². The van der Waals surface area contributed by atoms with Gasteiger partial charge in [-0.3, -0.25) is 19.3 Å². The van der Waals surface area contributed by atoms with Crippen molar-refractivity contribution in [3.05, 3.63) is 35.4 Å². The van der Waals surface area contributed by atoms with E-state index >= 15 is 0 Å². The van der Waals surface area contributed by atoms with E-state index in [4.69, 9.17) is 0 Å². The van der Waals surface area contributed by atoms with Crippen LogP contribution < -0.4 is 0 Å². The van der Waals surface area contributed by atoms with Gasteiger partial charge in [-0.1, -0.05) is 25.1 Å². The Morgan fingerprint density at radius 3 is 2.72 bits per heavy atom. The zero-order valence-corrected chi connectivity index (χ0v) is 10.3. The number of ketones is 1. The van der Waals surface area contributed by atoms with Gasteiger partial charge in [0.15, 0.2) is 5.78 Å². The summed E-state index contributed by atoms with van der Waals surface area (Å²) in [7, 11) is 0. The molecule has 0 saturated carbocycles. The summed E-state index contributed by atoms with van der Waals surface area (Å²) < 4.78 is 0. The summed E-state index contributed by atoms with van der Waals surface area (Å²) in [4.78, 5) is 36.6. The van der Waals surface area contributed by atoms with Gasteiger partial charge in [-0.15, -0.1) is 0 Å². The van der Waals surface area contributed by atoms with Crippen LogP contribution in [-0.2, 0) is 16.0 Å². The third kappa shape index (κ3) is 2.32. The molecule has 4 nitrogen and oxygen atoms in total. The molecule has 0 aliphatic carbocycles. The standard InChI is InChI=1S/C14H15NO3/c1-2-5-11(16)9-15-13(17)8-10-6-3-4-7-12(10)14(15)18/h3-4,6-7H,2,5,8-9H2,1H3. The Morgan fingerprint density at radius 1 is 1.28 bits per heavy atom. The molecule has 2 rings (SSSR count). The predicted octanol–water partition coefficient (Wildman–Crippen LogP) is 1.58. The highest BCUT2D eigenvalue weighted by Gasteiger charge is 2.31. The summed E-state index contributed by atoms with van der Waals surface area (Å²) in [6.45, 7) is 1.80. The summed E-state index contributed by atoms with van der Waals surface area (Å²) in [6.07, 6.45) is 1.33. The Hall–Kier alpha value is -1.97. The van der Waals surface area contributed by atoms with Gasteiger partial charge in [0.2, 0.25) is 5.91 Å². The van der Waals surface area contributed by atoms with Crippen molar-refractivity contribution in [1.29, 1.82) is 0 Å². The molecule has 1 aromatic rings. The van der Waals surface area contributed by atoms with Crippen LogP contribution in [0, 0.1) is 0 Å². The number of carbonyl (C=O) groups is 3. The molecule has 0 saturated heterocycles. The lowest BCUT2D eigenvalue weighted by atomic mass is 9.98. The lowest BCUT2D eigenvalue weighted by Crippen LogP contribution is -2.44. The Bertz CT molecular complexity index is 508. The minimum atomic E-state index is -0.355. The Kier molecular flexibility index (Phi) is 3.55. The van der Waals surface area contributed by atoms with Gasteiger partial charge in [0.1, 0.15) is 0 Å². The number of Topliss-reactive ketones (excluding diaryl/α,β-unsaturated/α-hetero) is 1. The maximum Gasteiger partial charge on any atom is 0.261 e. The average molecular weight is 245 g/mol. The molecule has 4 heteroatoms. The van der Waals surface area contributed by atoms with Gasteiger partial charge < -0.3 is 0 Å². The van der Waals surface area contributed by atoms with Crippen molar-refractivity contribution < 1.29 is 14.4 Å². The monoisotopic (exact) mass is 245 g/mol. The van der Waals surface area contributed by atoms with E-state index in [0.29, 0.717) is 12.0 Å². The van der Waals surface area contributed by atoms with Gasteiger partial charge in [-0.05, 0) is 18.1 Å². The third-order valence-electron chi connectivity index (χ3n) is 3.00. The number of benzene rings is 1. The topological polar surface area (TPSA) is 54.5 Å². The van der Waals surface area contributed by atoms with Gasteiger partial charge >= 0.3 is 0 Å². The fraction of sp³-hybridized carbons (Fsp3) is 0.357. The third-order valence-corrected chi connectivity index (χ3v) is 3.00. The lowest BCUT2D eigenvalue weighted by molar-refractivity contribution is -0.132. The minimum Gasteiger partial charge on any atom is -0.298 e. The van der Waals surface area contributed by atoms with Crippen LogP contribution in [0.4, 0.5) is 0 Å². The number of fused-ring (bicyclic) bond motifs is 1. The van der Waals surface area contributed by atoms with Crippen LogP contribution in [0.15, 0.2) is 24.3 Å². The van der Waals surface area contributed by atoms with E-state index in [0.717, 1.165) is 16.9 Å². The molecule has 0 bridgehead atoms. The molecule has 0 spiro atoms. The number of rotatable bonds is 4. The maximum absolute atomic E-state index is 12.1. The highest BCUT2D eigenvalue weighted by atomic mass is 16.2. The summed E-state index contributed by atoms with van der Waals surface area (Å²) in [5, 5.41) is 0. The number of nitrogens with zero attached hydrogens (tertiary/aromatic N) is 1. The Labute approximate surface area is 106 Å². The van der Waals surface area contributed by atoms with E-state index in [2.05, 4.69) is 0 Å². The molecule has 2 amide bonds. The predicted molar refractivity (Wildman–Crippen MR) is 66.1 cm³/mol. The quantitative estimate of drug-likeness (QED) is 0.757. The molecule has 0 fully saturated rings. The van der Waals surface area contributed by atoms with Gasteiger partial charge in [0.05, 0.1) is 13.0 Å². The van der Waals surface area contributed by atoms with Crippen LogP contribution in [0.25, 0.3) is 0 Å².